The topological polar surface area (TPSA) is 17.8 Å². The Morgan fingerprint density at radius 2 is 2.24 bits per heavy atom. The van der Waals surface area contributed by atoms with Crippen molar-refractivity contribution in [3.63, 3.8) is 0 Å². The lowest BCUT2D eigenvalue weighted by Crippen LogP contribution is -2.10. The quantitative estimate of drug-likeness (QED) is 0.780. The van der Waals surface area contributed by atoms with Crippen LogP contribution in [0.1, 0.15) is 24.4 Å². The molecule has 0 radical (unpaired) electrons. The van der Waals surface area contributed by atoms with Crippen molar-refractivity contribution in [3.05, 3.63) is 29.6 Å². The molecule has 0 saturated carbocycles. The summed E-state index contributed by atoms with van der Waals surface area (Å²) in [5, 5.41) is 0. The first kappa shape index (κ1) is 12.8. The van der Waals surface area contributed by atoms with Crippen LogP contribution >= 0.6 is 23.4 Å². The molecule has 1 atom stereocenters. The van der Waals surface area contributed by atoms with Gasteiger partial charge in [0.1, 0.15) is 5.82 Å². The number of nitrogens with zero attached hydrogens (tertiary/aromatic N) is 2. The molecule has 1 unspecified atom stereocenters. The molecule has 0 N–H and O–H groups in total. The van der Waals surface area contributed by atoms with E-state index in [9.17, 15) is 0 Å². The number of imidazole rings is 1. The Morgan fingerprint density at radius 3 is 2.88 bits per heavy atom. The molecule has 0 aliphatic heterocycles. The third-order valence-electron chi connectivity index (χ3n) is 2.96. The van der Waals surface area contributed by atoms with Crippen LogP contribution in [0.2, 0.25) is 0 Å². The minimum absolute atomic E-state index is 0.422. The van der Waals surface area contributed by atoms with Crippen molar-refractivity contribution < 1.29 is 0 Å². The highest BCUT2D eigenvalue weighted by atomic mass is 35.5. The first-order valence-electron chi connectivity index (χ1n) is 5.70. The van der Waals surface area contributed by atoms with Crippen LogP contribution in [0.4, 0.5) is 0 Å². The highest BCUT2D eigenvalue weighted by molar-refractivity contribution is 7.98. The summed E-state index contributed by atoms with van der Waals surface area (Å²) in [6.07, 6.45) is 2.13. The second-order valence-corrected chi connectivity index (χ2v) is 5.46. The Bertz CT molecular complexity index is 521. The van der Waals surface area contributed by atoms with Gasteiger partial charge >= 0.3 is 0 Å². The number of aromatic nitrogens is 2. The molecule has 92 valence electrons. The molecule has 4 heteroatoms. The summed E-state index contributed by atoms with van der Waals surface area (Å²) in [7, 11) is 0. The van der Waals surface area contributed by atoms with Crippen LogP contribution in [-0.4, -0.2) is 21.6 Å². The van der Waals surface area contributed by atoms with Gasteiger partial charge in [-0.25, -0.2) is 4.98 Å². The Morgan fingerprint density at radius 1 is 1.47 bits per heavy atom. The largest absolute Gasteiger partial charge is 0.323 e. The molecule has 0 aliphatic rings. The zero-order valence-electron chi connectivity index (χ0n) is 10.4. The average molecular weight is 269 g/mol. The van der Waals surface area contributed by atoms with Crippen LogP contribution in [0, 0.1) is 6.92 Å². The number of thioether (sulfide) groups is 1. The van der Waals surface area contributed by atoms with Crippen LogP contribution in [0.25, 0.3) is 11.0 Å². The van der Waals surface area contributed by atoms with E-state index in [1.54, 1.807) is 0 Å². The van der Waals surface area contributed by atoms with Gasteiger partial charge in [-0.15, -0.1) is 11.6 Å². The van der Waals surface area contributed by atoms with Gasteiger partial charge in [-0.05, 0) is 31.7 Å². The van der Waals surface area contributed by atoms with Gasteiger partial charge in [-0.2, -0.15) is 11.8 Å². The molecule has 0 bridgehead atoms. The van der Waals surface area contributed by atoms with Crippen LogP contribution in [0.5, 0.6) is 0 Å². The number of hydrogen-bond donors (Lipinski definition) is 0. The number of halogens is 1. The lowest BCUT2D eigenvalue weighted by atomic mass is 10.2. The van der Waals surface area contributed by atoms with Crippen molar-refractivity contribution in [1.82, 2.24) is 9.55 Å². The van der Waals surface area contributed by atoms with Crippen LogP contribution in [0.15, 0.2) is 18.2 Å². The van der Waals surface area contributed by atoms with Crippen molar-refractivity contribution in [1.29, 1.82) is 0 Å². The van der Waals surface area contributed by atoms with E-state index in [-0.39, 0.29) is 0 Å². The van der Waals surface area contributed by atoms with E-state index in [2.05, 4.69) is 47.9 Å². The van der Waals surface area contributed by atoms with Crippen molar-refractivity contribution >= 4 is 34.4 Å². The zero-order chi connectivity index (χ0) is 12.4. The number of hydrogen-bond acceptors (Lipinski definition) is 2. The van der Waals surface area contributed by atoms with E-state index >= 15 is 0 Å². The summed E-state index contributed by atoms with van der Waals surface area (Å²) in [5.74, 6) is 2.51. The van der Waals surface area contributed by atoms with Gasteiger partial charge in [0.2, 0.25) is 0 Å². The third kappa shape index (κ3) is 2.31. The maximum absolute atomic E-state index is 6.01. The first-order valence-corrected chi connectivity index (χ1v) is 7.63. The van der Waals surface area contributed by atoms with E-state index in [1.807, 2.05) is 11.8 Å². The average Bonchev–Trinajstić information content (AvgIpc) is 2.69. The van der Waals surface area contributed by atoms with E-state index in [4.69, 9.17) is 11.6 Å². The predicted molar refractivity (Wildman–Crippen MR) is 77.1 cm³/mol. The monoisotopic (exact) mass is 268 g/mol. The summed E-state index contributed by atoms with van der Waals surface area (Å²) < 4.78 is 2.27. The number of aryl methyl sites for hydroxylation is 1. The third-order valence-corrected chi connectivity index (χ3v) is 4.02. The zero-order valence-corrected chi connectivity index (χ0v) is 12.0. The Hall–Kier alpha value is -0.670. The van der Waals surface area contributed by atoms with Gasteiger partial charge in [0.15, 0.2) is 0 Å². The second-order valence-electron chi connectivity index (χ2n) is 4.28. The Kier molecular flexibility index (Phi) is 4.00. The van der Waals surface area contributed by atoms with E-state index < -0.39 is 0 Å². The molecule has 1 heterocycles. The molecule has 1 aromatic carbocycles. The number of rotatable bonds is 4. The second kappa shape index (κ2) is 5.32. The molecule has 0 spiro atoms. The smallest absolute Gasteiger partial charge is 0.125 e. The molecule has 2 rings (SSSR count). The lowest BCUT2D eigenvalue weighted by Gasteiger charge is -2.15. The molecular weight excluding hydrogens is 252 g/mol. The van der Waals surface area contributed by atoms with Gasteiger partial charge in [0.25, 0.3) is 0 Å². The number of alkyl halides is 1. The van der Waals surface area contributed by atoms with Gasteiger partial charge in [-0.1, -0.05) is 12.1 Å². The molecule has 2 aromatic rings. The maximum Gasteiger partial charge on any atom is 0.125 e. The minimum Gasteiger partial charge on any atom is -0.323 e. The van der Waals surface area contributed by atoms with Gasteiger partial charge < -0.3 is 4.57 Å². The Balaban J connectivity index is 2.62. The highest BCUT2D eigenvalue weighted by Crippen LogP contribution is 2.25. The van der Waals surface area contributed by atoms with E-state index in [0.717, 1.165) is 17.1 Å². The Labute approximate surface area is 111 Å². The minimum atomic E-state index is 0.422. The summed E-state index contributed by atoms with van der Waals surface area (Å²) in [6.45, 7) is 4.31. The molecule has 17 heavy (non-hydrogen) atoms. The van der Waals surface area contributed by atoms with Crippen molar-refractivity contribution in [2.24, 2.45) is 0 Å². The summed E-state index contributed by atoms with van der Waals surface area (Å²) >= 11 is 7.86. The molecule has 2 nitrogen and oxygen atoms in total. The molecule has 0 amide bonds. The predicted octanol–water partition coefficient (Wildman–Crippen LogP) is 4.01. The van der Waals surface area contributed by atoms with Gasteiger partial charge in [0.05, 0.1) is 16.9 Å². The van der Waals surface area contributed by atoms with Crippen molar-refractivity contribution in [3.8, 4) is 0 Å². The number of fused-ring (bicyclic) bond motifs is 1. The molecule has 0 saturated heterocycles. The van der Waals surface area contributed by atoms with E-state index in [0.29, 0.717) is 11.9 Å². The number of benzene rings is 1. The fourth-order valence-corrected chi connectivity index (χ4v) is 3.03. The molecular formula is C13H17ClN2S. The first-order chi connectivity index (χ1) is 8.19. The fourth-order valence-electron chi connectivity index (χ4n) is 2.21. The summed E-state index contributed by atoms with van der Waals surface area (Å²) in [5.41, 5.74) is 3.49. The van der Waals surface area contributed by atoms with Gasteiger partial charge in [0, 0.05) is 11.8 Å². The number of para-hydroxylation sites is 1. The fraction of sp³-hybridized carbons (Fsp3) is 0.462. The maximum atomic E-state index is 6.01. The van der Waals surface area contributed by atoms with Crippen LogP contribution < -0.4 is 0 Å². The van der Waals surface area contributed by atoms with E-state index in [1.165, 1.54) is 11.1 Å². The molecule has 1 aromatic heterocycles. The van der Waals surface area contributed by atoms with Crippen LogP contribution in [-0.2, 0) is 5.88 Å². The standard InChI is InChI=1S/C13H17ClN2S/c1-9-5-4-6-11-13(9)15-12(7-14)16(11)10(2)8-17-3/h4-6,10H,7-8H2,1-3H3. The molecule has 0 aliphatic carbocycles. The summed E-state index contributed by atoms with van der Waals surface area (Å²) in [6, 6.07) is 6.73. The highest BCUT2D eigenvalue weighted by Gasteiger charge is 2.15. The van der Waals surface area contributed by atoms with Crippen LogP contribution in [0.3, 0.4) is 0 Å². The SMILES string of the molecule is CSCC(C)n1c(CCl)nc2c(C)cccc21. The van der Waals surface area contributed by atoms with Crippen molar-refractivity contribution in [2.45, 2.75) is 25.8 Å². The summed E-state index contributed by atoms with van der Waals surface area (Å²) in [4.78, 5) is 4.66. The van der Waals surface area contributed by atoms with Crippen molar-refractivity contribution in [2.75, 3.05) is 12.0 Å². The molecule has 0 fully saturated rings. The lowest BCUT2D eigenvalue weighted by molar-refractivity contribution is 0.606. The normalized spacial score (nSPS) is 13.2. The van der Waals surface area contributed by atoms with Gasteiger partial charge in [-0.3, -0.25) is 0 Å².